The molecule has 0 aliphatic carbocycles. The van der Waals surface area contributed by atoms with Crippen molar-refractivity contribution in [3.05, 3.63) is 388 Å². The number of fused-ring (bicyclic) bond motifs is 22. The van der Waals surface area contributed by atoms with E-state index in [4.69, 9.17) is 0 Å². The average Bonchev–Trinajstić information content (AvgIpc) is 1.55. The fourth-order valence-corrected chi connectivity index (χ4v) is 20.4. The molecule has 4 nitrogen and oxygen atoms in total. The van der Waals surface area contributed by atoms with Gasteiger partial charge in [0.15, 0.2) is 0 Å². The molecule has 0 saturated heterocycles. The van der Waals surface area contributed by atoms with Crippen LogP contribution in [0.3, 0.4) is 0 Å². The van der Waals surface area contributed by atoms with E-state index in [2.05, 4.69) is 407 Å². The predicted molar refractivity (Wildman–Crippen MR) is 473 cm³/mol. The molecule has 512 valence electrons. The van der Waals surface area contributed by atoms with Crippen molar-refractivity contribution in [2.45, 2.75) is 0 Å². The Morgan fingerprint density at radius 3 is 1.05 bits per heavy atom. The molecular formula is C104H64N4S2. The second-order valence-corrected chi connectivity index (χ2v) is 31.1. The summed E-state index contributed by atoms with van der Waals surface area (Å²) < 4.78 is 15.2. The molecule has 110 heavy (non-hydrogen) atoms. The van der Waals surface area contributed by atoms with E-state index in [-0.39, 0.29) is 0 Å². The van der Waals surface area contributed by atoms with Gasteiger partial charge < -0.3 is 18.3 Å². The molecule has 6 heterocycles. The summed E-state index contributed by atoms with van der Waals surface area (Å²) >= 11 is 3.78. The van der Waals surface area contributed by atoms with Gasteiger partial charge in [-0.15, -0.1) is 22.7 Å². The van der Waals surface area contributed by atoms with Gasteiger partial charge in [0.1, 0.15) is 0 Å². The summed E-state index contributed by atoms with van der Waals surface area (Å²) in [6.07, 6.45) is 0. The van der Waals surface area contributed by atoms with E-state index in [1.807, 2.05) is 22.7 Å². The molecule has 24 aromatic rings. The maximum Gasteiger partial charge on any atom is 0.0720 e. The highest BCUT2D eigenvalue weighted by atomic mass is 32.1. The van der Waals surface area contributed by atoms with Crippen LogP contribution in [0.15, 0.2) is 388 Å². The average molecular weight is 1430 g/mol. The maximum absolute atomic E-state index is 2.53. The Morgan fingerprint density at radius 1 is 0.173 bits per heavy atom. The minimum Gasteiger partial charge on any atom is -0.309 e. The number of aromatic nitrogens is 4. The zero-order chi connectivity index (χ0) is 72.1. The van der Waals surface area contributed by atoms with Gasteiger partial charge in [-0.2, -0.15) is 0 Å². The largest absolute Gasteiger partial charge is 0.309 e. The number of rotatable bonds is 8. The molecule has 6 aromatic heterocycles. The van der Waals surface area contributed by atoms with Gasteiger partial charge in [-0.25, -0.2) is 0 Å². The third-order valence-electron chi connectivity index (χ3n) is 23.0. The van der Waals surface area contributed by atoms with Gasteiger partial charge in [-0.05, 0) is 171 Å². The fourth-order valence-electron chi connectivity index (χ4n) is 18.0. The number of benzene rings is 18. The Hall–Kier alpha value is -13.9. The molecule has 0 bridgehead atoms. The lowest BCUT2D eigenvalue weighted by molar-refractivity contribution is 1.18. The van der Waals surface area contributed by atoms with Crippen molar-refractivity contribution in [1.82, 2.24) is 18.3 Å². The normalized spacial score (nSPS) is 12.0. The lowest BCUT2D eigenvalue weighted by Gasteiger charge is -2.13. The van der Waals surface area contributed by atoms with Crippen LogP contribution in [0.1, 0.15) is 0 Å². The minimum atomic E-state index is 1.16. The quantitative estimate of drug-likeness (QED) is 0.144. The van der Waals surface area contributed by atoms with Gasteiger partial charge in [-0.1, -0.05) is 273 Å². The second-order valence-electron chi connectivity index (χ2n) is 29.0. The van der Waals surface area contributed by atoms with Crippen LogP contribution in [0, 0.1) is 0 Å². The number of para-hydroxylation sites is 2. The number of hydrogen-bond acceptors (Lipinski definition) is 2. The molecule has 0 amide bonds. The van der Waals surface area contributed by atoms with E-state index >= 15 is 0 Å². The molecule has 6 heteroatoms. The minimum absolute atomic E-state index is 1.16. The predicted octanol–water partition coefficient (Wildman–Crippen LogP) is 29.5. The zero-order valence-electron chi connectivity index (χ0n) is 59.6. The highest BCUT2D eigenvalue weighted by molar-refractivity contribution is 7.27. The topological polar surface area (TPSA) is 19.7 Å². The Morgan fingerprint density at radius 2 is 0.527 bits per heavy atom. The van der Waals surface area contributed by atoms with Gasteiger partial charge >= 0.3 is 0 Å². The molecule has 0 unspecified atom stereocenters. The van der Waals surface area contributed by atoms with E-state index in [0.717, 1.165) is 11.4 Å². The van der Waals surface area contributed by atoms with Crippen LogP contribution in [0.5, 0.6) is 0 Å². The Balaban J connectivity index is 0.000000132. The number of hydrogen-bond donors (Lipinski definition) is 0. The van der Waals surface area contributed by atoms with Crippen LogP contribution in [0.4, 0.5) is 0 Å². The van der Waals surface area contributed by atoms with Gasteiger partial charge in [-0.3, -0.25) is 0 Å². The Labute approximate surface area is 640 Å². The summed E-state index contributed by atoms with van der Waals surface area (Å²) in [6, 6.07) is 143. The molecular weight excluding hydrogens is 1370 g/mol. The van der Waals surface area contributed by atoms with Crippen molar-refractivity contribution in [3.63, 3.8) is 0 Å². The zero-order valence-corrected chi connectivity index (χ0v) is 61.2. The fraction of sp³-hybridized carbons (Fsp3) is 0. The van der Waals surface area contributed by atoms with Crippen molar-refractivity contribution < 1.29 is 0 Å². The highest BCUT2D eigenvalue weighted by Crippen LogP contribution is 2.49. The Kier molecular flexibility index (Phi) is 14.1. The van der Waals surface area contributed by atoms with Gasteiger partial charge in [0.05, 0.1) is 60.2 Å². The molecule has 0 aliphatic rings. The summed E-state index contributed by atoms with van der Waals surface area (Å²) in [5, 5.41) is 20.4. The first-order chi connectivity index (χ1) is 54.6. The lowest BCUT2D eigenvalue weighted by atomic mass is 10.00. The molecule has 0 atom stereocenters. The molecule has 18 aromatic carbocycles. The van der Waals surface area contributed by atoms with E-state index in [0.29, 0.717) is 0 Å². The van der Waals surface area contributed by atoms with E-state index in [9.17, 15) is 0 Å². The second kappa shape index (κ2) is 24.9. The van der Waals surface area contributed by atoms with Crippen LogP contribution in [-0.4, -0.2) is 18.3 Å². The third-order valence-corrected chi connectivity index (χ3v) is 25.3. The van der Waals surface area contributed by atoms with Crippen molar-refractivity contribution in [2.75, 3.05) is 0 Å². The lowest BCUT2D eigenvalue weighted by Crippen LogP contribution is -1.95. The van der Waals surface area contributed by atoms with E-state index < -0.39 is 0 Å². The van der Waals surface area contributed by atoms with Crippen LogP contribution in [0.25, 0.3) is 216 Å². The van der Waals surface area contributed by atoms with Crippen molar-refractivity contribution >= 4 is 172 Å². The summed E-state index contributed by atoms with van der Waals surface area (Å²) in [5.41, 5.74) is 24.3. The third kappa shape index (κ3) is 9.70. The van der Waals surface area contributed by atoms with Crippen LogP contribution < -0.4 is 0 Å². The van der Waals surface area contributed by atoms with Gasteiger partial charge in [0, 0.05) is 101 Å². The van der Waals surface area contributed by atoms with Crippen LogP contribution in [-0.2, 0) is 0 Å². The van der Waals surface area contributed by atoms with Crippen LogP contribution >= 0.6 is 22.7 Å². The molecule has 0 saturated carbocycles. The molecule has 0 aliphatic heterocycles. The Bertz CT molecular complexity index is 7900. The first-order valence-electron chi connectivity index (χ1n) is 37.7. The van der Waals surface area contributed by atoms with Gasteiger partial charge in [0.25, 0.3) is 0 Å². The van der Waals surface area contributed by atoms with Crippen molar-refractivity contribution in [3.8, 4) is 67.3 Å². The highest BCUT2D eigenvalue weighted by Gasteiger charge is 2.24. The molecule has 0 fully saturated rings. The summed E-state index contributed by atoms with van der Waals surface area (Å²) in [4.78, 5) is 0. The number of thiophene rings is 2. The maximum atomic E-state index is 2.53. The van der Waals surface area contributed by atoms with E-state index in [1.54, 1.807) is 0 Å². The molecule has 24 rings (SSSR count). The molecule has 0 radical (unpaired) electrons. The smallest absolute Gasteiger partial charge is 0.0720 e. The molecule has 0 spiro atoms. The summed E-state index contributed by atoms with van der Waals surface area (Å²) in [6.45, 7) is 0. The van der Waals surface area contributed by atoms with Crippen LogP contribution in [0.2, 0.25) is 0 Å². The number of nitrogens with zero attached hydrogens (tertiary/aromatic N) is 4. The summed E-state index contributed by atoms with van der Waals surface area (Å²) in [7, 11) is 0. The van der Waals surface area contributed by atoms with Gasteiger partial charge in [0.2, 0.25) is 0 Å². The van der Waals surface area contributed by atoms with E-state index in [1.165, 1.54) is 205 Å². The van der Waals surface area contributed by atoms with Crippen molar-refractivity contribution in [2.24, 2.45) is 0 Å². The first-order valence-corrected chi connectivity index (χ1v) is 39.3. The first kappa shape index (κ1) is 62.3. The summed E-state index contributed by atoms with van der Waals surface area (Å²) in [5.74, 6) is 0. The monoisotopic (exact) mass is 1430 g/mol. The standard InChI is InChI=1S/2C52H32N2S/c1-2-12-33(13-3-1)35-16-10-17-38(30-35)53-47-21-8-6-19-40(47)44-31-36(24-28-48(44)53)37-25-29-49-45(32-37)42-26-27-43-41-20-7-9-23-50(41)55-52(43)51(42)54(49)46-22-11-15-34-14-4-5-18-39(34)46;1-2-12-33(13-3-1)35-16-10-17-38(30-35)53-46-21-8-6-19-40(46)43-31-36(24-27-47(43)53)37-25-28-48-44(32-37)41-26-29-50-51(42-20-7-9-23-49(42)55-50)52(41)54(48)45-22-11-15-34-14-4-5-18-39(34)45/h2*1-32H. The van der Waals surface area contributed by atoms with Crippen molar-refractivity contribution in [1.29, 1.82) is 0 Å². The SMILES string of the molecule is c1ccc(-c2cccc(-n3c4ccccc4c4cc(-c5ccc6c(c5)c5ccc7c8ccccc8sc7c5n6-c5cccc6ccccc56)ccc43)c2)cc1.c1ccc(-c2cccc(-n3c4ccccc4c4cc(-c5ccc6c(c5)c5ccc7sc8ccccc8c7c5n6-c5cccc6ccccc56)ccc43)c2)cc1. The molecule has 0 N–H and O–H groups in total.